The predicted octanol–water partition coefficient (Wildman–Crippen LogP) is 9.41. The van der Waals surface area contributed by atoms with E-state index in [1.54, 1.807) is 49.1 Å². The molecule has 0 unspecified atom stereocenters. The highest BCUT2D eigenvalue weighted by Crippen LogP contribution is 2.35. The smallest absolute Gasteiger partial charge is 0.216 e. The Balaban J connectivity index is 0.000000216. The number of benzene rings is 4. The Morgan fingerprint density at radius 2 is 0.924 bits per heavy atom. The van der Waals surface area contributed by atoms with Gasteiger partial charge < -0.3 is 40.0 Å². The first kappa shape index (κ1) is 47.9. The average Bonchev–Trinajstić information content (AvgIpc) is 4.00. The van der Waals surface area contributed by atoms with Crippen LogP contribution < -0.4 is 20.5 Å². The highest BCUT2D eigenvalue weighted by molar-refractivity contribution is 5.82. The van der Waals surface area contributed by atoms with Gasteiger partial charge in [0.2, 0.25) is 5.91 Å². The molecule has 0 aliphatic rings. The van der Waals surface area contributed by atoms with Gasteiger partial charge in [-0.2, -0.15) is 0 Å². The van der Waals surface area contributed by atoms with E-state index in [9.17, 15) is 13.6 Å². The molecule has 4 aromatic heterocycles. The van der Waals surface area contributed by atoms with Gasteiger partial charge in [-0.05, 0) is 121 Å². The molecule has 4 heterocycles. The zero-order valence-corrected chi connectivity index (χ0v) is 35.7. The first-order valence-electron chi connectivity index (χ1n) is 20.9. The molecule has 0 aliphatic carbocycles. The van der Waals surface area contributed by atoms with Crippen LogP contribution in [0.25, 0.3) is 67.8 Å². The molecule has 0 saturated heterocycles. The monoisotopic (exact) mass is 894 g/mol. The van der Waals surface area contributed by atoms with Crippen LogP contribution in [0.3, 0.4) is 0 Å². The largest absolute Gasteiger partial charge is 0.491 e. The van der Waals surface area contributed by atoms with E-state index in [0.717, 1.165) is 61.9 Å². The van der Waals surface area contributed by atoms with Gasteiger partial charge in [0.05, 0.1) is 49.2 Å². The number of pyridine rings is 2. The van der Waals surface area contributed by atoms with E-state index in [1.807, 2.05) is 72.8 Å². The maximum Gasteiger partial charge on any atom is 0.216 e. The number of H-pyrrole nitrogens is 2. The number of carbonyl (C=O) groups excluding carboxylic acids is 1. The second kappa shape index (κ2) is 24.5. The average molecular weight is 895 g/mol. The van der Waals surface area contributed by atoms with Crippen LogP contribution in [-0.2, 0) is 14.3 Å². The van der Waals surface area contributed by atoms with Crippen LogP contribution in [0.15, 0.2) is 146 Å². The molecule has 5 N–H and O–H groups in total. The number of halogens is 2. The van der Waals surface area contributed by atoms with E-state index in [2.05, 4.69) is 25.3 Å². The topological polar surface area (TPSA) is 175 Å². The minimum absolute atomic E-state index is 0. The molecule has 1 amide bonds. The summed E-state index contributed by atoms with van der Waals surface area (Å²) in [6.07, 6.45) is 6.90. The molecule has 15 heteroatoms. The third kappa shape index (κ3) is 13.5. The van der Waals surface area contributed by atoms with Crippen molar-refractivity contribution in [3.05, 3.63) is 158 Å². The number of imidazole rings is 2. The Morgan fingerprint density at radius 3 is 1.32 bits per heavy atom. The highest BCUT2D eigenvalue weighted by atomic mass is 19.1. The first-order valence-corrected chi connectivity index (χ1v) is 20.9. The zero-order valence-electron chi connectivity index (χ0n) is 35.7. The maximum absolute atomic E-state index is 13.5. The SMILES string of the molecule is C.CC(=O)NCCOCCOc1ccc(-c2nc(-c3ccc(F)cc3)c(-c3ccncc3)[nH]2)cc1.NCCOCCOc1ccc(-c2nc(-c3ccc(F)cc3)c(-c3ccncc3)[nH]2)cc1. The van der Waals surface area contributed by atoms with Crippen molar-refractivity contribution in [2.75, 3.05) is 52.7 Å². The molecular formula is C51H52F2N8O5. The van der Waals surface area contributed by atoms with Crippen molar-refractivity contribution in [3.8, 4) is 79.3 Å². The van der Waals surface area contributed by atoms with E-state index in [0.29, 0.717) is 70.1 Å². The van der Waals surface area contributed by atoms with Gasteiger partial charge in [0.1, 0.15) is 48.0 Å². The lowest BCUT2D eigenvalue weighted by Crippen LogP contribution is -2.25. The number of amides is 1. The van der Waals surface area contributed by atoms with Gasteiger partial charge in [0, 0.05) is 78.2 Å². The number of nitrogens with zero attached hydrogens (tertiary/aromatic N) is 4. The second-order valence-corrected chi connectivity index (χ2v) is 14.3. The zero-order chi connectivity index (χ0) is 45.2. The summed E-state index contributed by atoms with van der Waals surface area (Å²) < 4.78 is 49.0. The maximum atomic E-state index is 13.5. The van der Waals surface area contributed by atoms with Gasteiger partial charge in [-0.1, -0.05) is 7.43 Å². The van der Waals surface area contributed by atoms with Crippen LogP contribution in [0.2, 0.25) is 0 Å². The first-order chi connectivity index (χ1) is 31.8. The third-order valence-corrected chi connectivity index (χ3v) is 9.71. The third-order valence-electron chi connectivity index (χ3n) is 9.71. The summed E-state index contributed by atoms with van der Waals surface area (Å²) >= 11 is 0. The number of hydrogen-bond acceptors (Lipinski definition) is 10. The van der Waals surface area contributed by atoms with E-state index >= 15 is 0 Å². The minimum atomic E-state index is -0.293. The van der Waals surface area contributed by atoms with Crippen LogP contribution in [0.1, 0.15) is 14.4 Å². The number of nitrogens with two attached hydrogens (primary N) is 1. The van der Waals surface area contributed by atoms with Crippen LogP contribution in [0.4, 0.5) is 8.78 Å². The number of nitrogens with one attached hydrogen (secondary N) is 3. The molecule has 8 aromatic rings. The van der Waals surface area contributed by atoms with Crippen molar-refractivity contribution in [1.29, 1.82) is 0 Å². The standard InChI is InChI=1S/C26H25FN4O3.C24H23FN4O2.CH4/c1-18(32)29-14-15-33-16-17-34-23-8-4-21(5-9-23)26-30-24(19-2-6-22(27)7-3-19)25(31-26)20-10-12-28-13-11-20;25-20-5-1-17(2-6-20)22-23(18-9-12-27-13-10-18)29-24(28-22)19-3-7-21(8-4-19)31-16-15-30-14-11-26;/h2-13H,14-17H2,1H3,(H,29,32)(H,30,31);1-10,12-13H,11,14-16,26H2,(H,28,29);1H4. The summed E-state index contributed by atoms with van der Waals surface area (Å²) in [4.78, 5) is 35.4. The molecule has 0 atom stereocenters. The van der Waals surface area contributed by atoms with Crippen molar-refractivity contribution in [2.45, 2.75) is 14.4 Å². The number of aromatic amines is 2. The molecule has 0 spiro atoms. The number of ether oxygens (including phenoxy) is 4. The van der Waals surface area contributed by atoms with Crippen LogP contribution in [0, 0.1) is 11.6 Å². The quantitative estimate of drug-likeness (QED) is 0.0573. The van der Waals surface area contributed by atoms with Crippen molar-refractivity contribution in [1.82, 2.24) is 35.2 Å². The van der Waals surface area contributed by atoms with Gasteiger partial charge in [0.15, 0.2) is 0 Å². The number of carbonyl (C=O) groups is 1. The Kier molecular flexibility index (Phi) is 17.7. The van der Waals surface area contributed by atoms with Crippen LogP contribution >= 0.6 is 0 Å². The van der Waals surface area contributed by atoms with Crippen LogP contribution in [-0.4, -0.2) is 88.5 Å². The van der Waals surface area contributed by atoms with E-state index in [4.69, 9.17) is 34.6 Å². The van der Waals surface area contributed by atoms with E-state index in [1.165, 1.54) is 31.2 Å². The van der Waals surface area contributed by atoms with Gasteiger partial charge in [-0.15, -0.1) is 0 Å². The van der Waals surface area contributed by atoms with Crippen molar-refractivity contribution < 1.29 is 32.5 Å². The Labute approximate surface area is 382 Å². The number of aromatic nitrogens is 6. The molecule has 0 aliphatic heterocycles. The lowest BCUT2D eigenvalue weighted by Gasteiger charge is -2.08. The fourth-order valence-electron chi connectivity index (χ4n) is 6.55. The Bertz CT molecular complexity index is 2680. The molecule has 4 aromatic carbocycles. The molecular weight excluding hydrogens is 843 g/mol. The summed E-state index contributed by atoms with van der Waals surface area (Å²) in [7, 11) is 0. The summed E-state index contributed by atoms with van der Waals surface area (Å²) in [5, 5.41) is 2.67. The lowest BCUT2D eigenvalue weighted by molar-refractivity contribution is -0.119. The number of rotatable bonds is 19. The van der Waals surface area contributed by atoms with Crippen molar-refractivity contribution >= 4 is 5.91 Å². The summed E-state index contributed by atoms with van der Waals surface area (Å²) in [5.74, 6) is 2.22. The Morgan fingerprint density at radius 1 is 0.530 bits per heavy atom. The molecule has 13 nitrogen and oxygen atoms in total. The van der Waals surface area contributed by atoms with Crippen LogP contribution in [0.5, 0.6) is 11.5 Å². The highest BCUT2D eigenvalue weighted by Gasteiger charge is 2.17. The molecule has 0 bridgehead atoms. The molecule has 340 valence electrons. The fourth-order valence-corrected chi connectivity index (χ4v) is 6.55. The second-order valence-electron chi connectivity index (χ2n) is 14.3. The molecule has 8 rings (SSSR count). The fraction of sp³-hybridized carbons (Fsp3) is 0.196. The molecule has 0 saturated carbocycles. The normalized spacial score (nSPS) is 10.7. The van der Waals surface area contributed by atoms with Crippen molar-refractivity contribution in [3.63, 3.8) is 0 Å². The van der Waals surface area contributed by atoms with Gasteiger partial charge >= 0.3 is 0 Å². The molecule has 66 heavy (non-hydrogen) atoms. The number of hydrogen-bond donors (Lipinski definition) is 4. The minimum Gasteiger partial charge on any atom is -0.491 e. The van der Waals surface area contributed by atoms with Gasteiger partial charge in [-0.3, -0.25) is 14.8 Å². The summed E-state index contributed by atoms with van der Waals surface area (Å²) in [6, 6.07) is 35.5. The predicted molar refractivity (Wildman–Crippen MR) is 252 cm³/mol. The summed E-state index contributed by atoms with van der Waals surface area (Å²) in [5.41, 5.74) is 13.9. The van der Waals surface area contributed by atoms with Crippen molar-refractivity contribution in [2.24, 2.45) is 5.73 Å². The van der Waals surface area contributed by atoms with E-state index < -0.39 is 0 Å². The molecule has 0 fully saturated rings. The van der Waals surface area contributed by atoms with Gasteiger partial charge in [0.25, 0.3) is 0 Å². The van der Waals surface area contributed by atoms with E-state index in [-0.39, 0.29) is 25.0 Å². The molecule has 0 radical (unpaired) electrons. The van der Waals surface area contributed by atoms with Gasteiger partial charge in [-0.25, -0.2) is 18.7 Å². The summed E-state index contributed by atoms with van der Waals surface area (Å²) in [6.45, 7) is 5.20. The lowest BCUT2D eigenvalue weighted by atomic mass is 10.1. The Hall–Kier alpha value is -7.59.